The Morgan fingerprint density at radius 1 is 1.30 bits per heavy atom. The van der Waals surface area contributed by atoms with Crippen molar-refractivity contribution in [2.24, 2.45) is 0 Å². The molecule has 3 aromatic rings. The van der Waals surface area contributed by atoms with Crippen molar-refractivity contribution in [3.8, 4) is 0 Å². The van der Waals surface area contributed by atoms with Crippen molar-refractivity contribution >= 4 is 38.5 Å². The summed E-state index contributed by atoms with van der Waals surface area (Å²) in [5, 5.41) is 5.71. The van der Waals surface area contributed by atoms with E-state index in [9.17, 15) is 9.59 Å². The van der Waals surface area contributed by atoms with E-state index in [0.717, 1.165) is 21.3 Å². The summed E-state index contributed by atoms with van der Waals surface area (Å²) in [7, 11) is 0. The molecule has 2 heterocycles. The summed E-state index contributed by atoms with van der Waals surface area (Å²) >= 11 is 1.41. The van der Waals surface area contributed by atoms with Gasteiger partial charge in [0.25, 0.3) is 5.91 Å². The standard InChI is InChI=1S/C16H15N3O3S/c1-9-6-10(2)14-12(7-9)23-16(19-14)18-13(20)8-17-15(21)11-4-3-5-22-11/h3-7H,8H2,1-2H3,(H,17,21)(H,18,19,20). The molecule has 0 spiro atoms. The highest BCUT2D eigenvalue weighted by molar-refractivity contribution is 7.22. The third kappa shape index (κ3) is 3.40. The molecule has 0 aliphatic carbocycles. The second kappa shape index (κ2) is 6.21. The van der Waals surface area contributed by atoms with E-state index in [4.69, 9.17) is 4.42 Å². The minimum atomic E-state index is -0.430. The normalized spacial score (nSPS) is 10.7. The van der Waals surface area contributed by atoms with E-state index in [1.165, 1.54) is 23.7 Å². The molecule has 0 aliphatic heterocycles. The number of carbonyl (C=O) groups excluding carboxylic acids is 2. The van der Waals surface area contributed by atoms with E-state index in [1.54, 1.807) is 6.07 Å². The first-order valence-electron chi connectivity index (χ1n) is 7.02. The molecular formula is C16H15N3O3S. The third-order valence-electron chi connectivity index (χ3n) is 3.23. The highest BCUT2D eigenvalue weighted by Crippen LogP contribution is 2.29. The number of rotatable bonds is 4. The van der Waals surface area contributed by atoms with Gasteiger partial charge in [-0.15, -0.1) is 0 Å². The van der Waals surface area contributed by atoms with Gasteiger partial charge in [-0.05, 0) is 43.2 Å². The van der Waals surface area contributed by atoms with Crippen molar-refractivity contribution in [1.29, 1.82) is 0 Å². The van der Waals surface area contributed by atoms with Crippen LogP contribution >= 0.6 is 11.3 Å². The molecule has 2 amide bonds. The lowest BCUT2D eigenvalue weighted by molar-refractivity contribution is -0.115. The number of carbonyl (C=O) groups is 2. The predicted octanol–water partition coefficient (Wildman–Crippen LogP) is 2.87. The second-order valence-electron chi connectivity index (χ2n) is 5.16. The number of hydrogen-bond donors (Lipinski definition) is 2. The molecule has 0 radical (unpaired) electrons. The quantitative estimate of drug-likeness (QED) is 0.771. The Morgan fingerprint density at radius 2 is 2.13 bits per heavy atom. The average molecular weight is 329 g/mol. The van der Waals surface area contributed by atoms with Crippen LogP contribution in [0.2, 0.25) is 0 Å². The summed E-state index contributed by atoms with van der Waals surface area (Å²) in [6, 6.07) is 7.23. The number of anilines is 1. The van der Waals surface area contributed by atoms with E-state index in [1.807, 2.05) is 19.9 Å². The molecule has 7 heteroatoms. The molecular weight excluding hydrogens is 314 g/mol. The van der Waals surface area contributed by atoms with E-state index < -0.39 is 5.91 Å². The number of nitrogens with zero attached hydrogens (tertiary/aromatic N) is 1. The van der Waals surface area contributed by atoms with E-state index in [0.29, 0.717) is 5.13 Å². The molecule has 23 heavy (non-hydrogen) atoms. The first-order valence-corrected chi connectivity index (χ1v) is 7.84. The summed E-state index contributed by atoms with van der Waals surface area (Å²) in [5.41, 5.74) is 3.11. The molecule has 2 N–H and O–H groups in total. The molecule has 2 aromatic heterocycles. The fourth-order valence-corrected chi connectivity index (χ4v) is 3.30. The van der Waals surface area contributed by atoms with Crippen LogP contribution in [0.1, 0.15) is 21.7 Å². The van der Waals surface area contributed by atoms with Gasteiger partial charge in [0.1, 0.15) is 0 Å². The zero-order chi connectivity index (χ0) is 16.4. The number of aromatic nitrogens is 1. The number of benzene rings is 1. The Kier molecular flexibility index (Phi) is 4.12. The first kappa shape index (κ1) is 15.2. The maximum Gasteiger partial charge on any atom is 0.287 e. The van der Waals surface area contributed by atoms with Gasteiger partial charge in [-0.2, -0.15) is 0 Å². The van der Waals surface area contributed by atoms with Crippen LogP contribution < -0.4 is 10.6 Å². The maximum absolute atomic E-state index is 11.9. The predicted molar refractivity (Wildman–Crippen MR) is 88.8 cm³/mol. The lowest BCUT2D eigenvalue weighted by atomic mass is 10.1. The average Bonchev–Trinajstić information content (AvgIpc) is 3.14. The van der Waals surface area contributed by atoms with Crippen LogP contribution in [0.4, 0.5) is 5.13 Å². The van der Waals surface area contributed by atoms with Crippen LogP contribution in [0, 0.1) is 13.8 Å². The van der Waals surface area contributed by atoms with Crippen LogP contribution in [0.15, 0.2) is 34.9 Å². The lowest BCUT2D eigenvalue weighted by Crippen LogP contribution is -2.32. The fourth-order valence-electron chi connectivity index (χ4n) is 2.24. The van der Waals surface area contributed by atoms with Crippen LogP contribution in [-0.4, -0.2) is 23.3 Å². The maximum atomic E-state index is 11.9. The van der Waals surface area contributed by atoms with Crippen molar-refractivity contribution in [3.63, 3.8) is 0 Å². The van der Waals surface area contributed by atoms with Gasteiger partial charge in [0, 0.05) is 0 Å². The van der Waals surface area contributed by atoms with Crippen molar-refractivity contribution in [2.75, 3.05) is 11.9 Å². The molecule has 0 unspecified atom stereocenters. The zero-order valence-corrected chi connectivity index (χ0v) is 13.5. The van der Waals surface area contributed by atoms with Gasteiger partial charge in [0.2, 0.25) is 5.91 Å². The number of nitrogens with one attached hydrogen (secondary N) is 2. The van der Waals surface area contributed by atoms with Gasteiger partial charge >= 0.3 is 0 Å². The van der Waals surface area contributed by atoms with Crippen molar-refractivity contribution < 1.29 is 14.0 Å². The Balaban J connectivity index is 1.64. The Bertz CT molecular complexity index is 868. The van der Waals surface area contributed by atoms with Gasteiger partial charge in [-0.3, -0.25) is 9.59 Å². The Morgan fingerprint density at radius 3 is 2.87 bits per heavy atom. The molecule has 6 nitrogen and oxygen atoms in total. The highest BCUT2D eigenvalue weighted by Gasteiger charge is 2.12. The van der Waals surface area contributed by atoms with Crippen LogP contribution in [0.3, 0.4) is 0 Å². The Hall–Kier alpha value is -2.67. The topological polar surface area (TPSA) is 84.2 Å². The molecule has 0 saturated heterocycles. The lowest BCUT2D eigenvalue weighted by Gasteiger charge is -2.02. The second-order valence-corrected chi connectivity index (χ2v) is 6.19. The number of fused-ring (bicyclic) bond motifs is 1. The first-order chi connectivity index (χ1) is 11.0. The van der Waals surface area contributed by atoms with E-state index >= 15 is 0 Å². The molecule has 0 fully saturated rings. The minimum absolute atomic E-state index is 0.145. The molecule has 0 bridgehead atoms. The van der Waals surface area contributed by atoms with Gasteiger partial charge in [-0.1, -0.05) is 17.4 Å². The number of thiazole rings is 1. The highest BCUT2D eigenvalue weighted by atomic mass is 32.1. The van der Waals surface area contributed by atoms with Gasteiger partial charge in [0.15, 0.2) is 10.9 Å². The van der Waals surface area contributed by atoms with Crippen molar-refractivity contribution in [2.45, 2.75) is 13.8 Å². The molecule has 1 aromatic carbocycles. The smallest absolute Gasteiger partial charge is 0.287 e. The van der Waals surface area contributed by atoms with Crippen LogP contribution in [0.25, 0.3) is 10.2 Å². The van der Waals surface area contributed by atoms with Crippen molar-refractivity contribution in [3.05, 3.63) is 47.4 Å². The fraction of sp³-hybridized carbons (Fsp3) is 0.188. The molecule has 0 atom stereocenters. The van der Waals surface area contributed by atoms with Gasteiger partial charge in [0.05, 0.1) is 23.0 Å². The van der Waals surface area contributed by atoms with Gasteiger partial charge < -0.3 is 15.1 Å². The van der Waals surface area contributed by atoms with E-state index in [2.05, 4.69) is 21.7 Å². The van der Waals surface area contributed by atoms with Crippen LogP contribution in [-0.2, 0) is 4.79 Å². The van der Waals surface area contributed by atoms with Gasteiger partial charge in [-0.25, -0.2) is 4.98 Å². The number of aryl methyl sites for hydroxylation is 2. The SMILES string of the molecule is Cc1cc(C)c2nc(NC(=O)CNC(=O)c3ccco3)sc2c1. The molecule has 0 aliphatic rings. The van der Waals surface area contributed by atoms with Crippen LogP contribution in [0.5, 0.6) is 0 Å². The number of hydrogen-bond acceptors (Lipinski definition) is 5. The summed E-state index contributed by atoms with van der Waals surface area (Å²) in [5.74, 6) is -0.594. The molecule has 118 valence electrons. The zero-order valence-electron chi connectivity index (χ0n) is 12.7. The monoisotopic (exact) mass is 329 g/mol. The third-order valence-corrected chi connectivity index (χ3v) is 4.15. The summed E-state index contributed by atoms with van der Waals surface area (Å²) in [6.07, 6.45) is 1.40. The minimum Gasteiger partial charge on any atom is -0.459 e. The molecule has 0 saturated carbocycles. The summed E-state index contributed by atoms with van der Waals surface area (Å²) in [4.78, 5) is 28.0. The molecule has 3 rings (SSSR count). The van der Waals surface area contributed by atoms with E-state index in [-0.39, 0.29) is 18.2 Å². The summed E-state index contributed by atoms with van der Waals surface area (Å²) in [6.45, 7) is 3.87. The Labute approximate surface area is 136 Å². The largest absolute Gasteiger partial charge is 0.459 e. The number of furan rings is 1. The van der Waals surface area contributed by atoms with Crippen molar-refractivity contribution in [1.82, 2.24) is 10.3 Å². The number of amides is 2. The summed E-state index contributed by atoms with van der Waals surface area (Å²) < 4.78 is 5.98.